The lowest BCUT2D eigenvalue weighted by Crippen LogP contribution is -2.39. The molecule has 0 aliphatic carbocycles. The number of carboxylic acids is 1. The van der Waals surface area contributed by atoms with Crippen LogP contribution in [0.25, 0.3) is 6.08 Å². The zero-order valence-corrected chi connectivity index (χ0v) is 14.4. The third-order valence-electron chi connectivity index (χ3n) is 4.35. The summed E-state index contributed by atoms with van der Waals surface area (Å²) in [5.74, 6) is -0.501. The number of hydrogen-bond donors (Lipinski definition) is 1. The van der Waals surface area contributed by atoms with Crippen LogP contribution in [-0.2, 0) is 16.2 Å². The molecule has 1 amide bonds. The average Bonchev–Trinajstić information content (AvgIpc) is 3.16. The van der Waals surface area contributed by atoms with E-state index in [1.807, 2.05) is 54.6 Å². The number of likely N-dealkylation sites (tertiary alicyclic amines) is 1. The minimum absolute atomic E-state index is 0.273. The SMILES string of the molecule is O=C(O)C1CCCN1C(=O)/C=C/c1cccc(OCc2ccccc2)c1. The maximum atomic E-state index is 12.3. The molecule has 134 valence electrons. The molecule has 3 rings (SSSR count). The van der Waals surface area contributed by atoms with Crippen molar-refractivity contribution in [2.45, 2.75) is 25.5 Å². The first-order valence-electron chi connectivity index (χ1n) is 8.62. The van der Waals surface area contributed by atoms with Crippen LogP contribution in [0.4, 0.5) is 0 Å². The number of rotatable bonds is 6. The van der Waals surface area contributed by atoms with Crippen molar-refractivity contribution in [2.75, 3.05) is 6.54 Å². The van der Waals surface area contributed by atoms with E-state index in [9.17, 15) is 14.7 Å². The lowest BCUT2D eigenvalue weighted by molar-refractivity contribution is -0.146. The van der Waals surface area contributed by atoms with E-state index in [4.69, 9.17) is 4.74 Å². The van der Waals surface area contributed by atoms with Crippen LogP contribution in [0.2, 0.25) is 0 Å². The zero-order chi connectivity index (χ0) is 18.4. The minimum Gasteiger partial charge on any atom is -0.489 e. The molecule has 1 aliphatic heterocycles. The number of carbonyl (C=O) groups excluding carboxylic acids is 1. The highest BCUT2D eigenvalue weighted by Gasteiger charge is 2.32. The van der Waals surface area contributed by atoms with Crippen LogP contribution in [0.3, 0.4) is 0 Å². The molecule has 1 N–H and O–H groups in total. The highest BCUT2D eigenvalue weighted by atomic mass is 16.5. The second kappa shape index (κ2) is 8.34. The number of carboxylic acid groups (broad SMARTS) is 1. The van der Waals surface area contributed by atoms with Gasteiger partial charge in [-0.3, -0.25) is 4.79 Å². The van der Waals surface area contributed by atoms with Crippen molar-refractivity contribution in [2.24, 2.45) is 0 Å². The molecular weight excluding hydrogens is 330 g/mol. The maximum absolute atomic E-state index is 12.3. The molecule has 0 aromatic heterocycles. The Balaban J connectivity index is 1.62. The van der Waals surface area contributed by atoms with E-state index in [2.05, 4.69) is 0 Å². The first-order chi connectivity index (χ1) is 12.6. The monoisotopic (exact) mass is 351 g/mol. The zero-order valence-electron chi connectivity index (χ0n) is 14.4. The summed E-state index contributed by atoms with van der Waals surface area (Å²) in [5.41, 5.74) is 1.91. The van der Waals surface area contributed by atoms with Gasteiger partial charge in [-0.1, -0.05) is 42.5 Å². The fraction of sp³-hybridized carbons (Fsp3) is 0.238. The van der Waals surface area contributed by atoms with Crippen LogP contribution in [0, 0.1) is 0 Å². The molecule has 1 saturated heterocycles. The predicted octanol–water partition coefficient (Wildman–Crippen LogP) is 3.35. The molecule has 0 bridgehead atoms. The van der Waals surface area contributed by atoms with Gasteiger partial charge < -0.3 is 14.7 Å². The van der Waals surface area contributed by atoms with Crippen molar-refractivity contribution in [3.8, 4) is 5.75 Å². The summed E-state index contributed by atoms with van der Waals surface area (Å²) < 4.78 is 5.78. The van der Waals surface area contributed by atoms with Gasteiger partial charge in [0.2, 0.25) is 5.91 Å². The second-order valence-corrected chi connectivity index (χ2v) is 6.21. The Morgan fingerprint density at radius 3 is 2.73 bits per heavy atom. The fourth-order valence-corrected chi connectivity index (χ4v) is 3.00. The van der Waals surface area contributed by atoms with Crippen LogP contribution in [-0.4, -0.2) is 34.5 Å². The van der Waals surface area contributed by atoms with Crippen molar-refractivity contribution in [3.63, 3.8) is 0 Å². The van der Waals surface area contributed by atoms with Crippen LogP contribution < -0.4 is 4.74 Å². The van der Waals surface area contributed by atoms with Crippen molar-refractivity contribution >= 4 is 18.0 Å². The lowest BCUT2D eigenvalue weighted by atomic mass is 10.2. The molecule has 5 heteroatoms. The molecule has 0 saturated carbocycles. The van der Waals surface area contributed by atoms with Gasteiger partial charge in [0, 0.05) is 12.6 Å². The van der Waals surface area contributed by atoms with E-state index in [-0.39, 0.29) is 5.91 Å². The molecular formula is C21H21NO4. The first kappa shape index (κ1) is 17.7. The van der Waals surface area contributed by atoms with Crippen molar-refractivity contribution in [3.05, 3.63) is 71.8 Å². The van der Waals surface area contributed by atoms with Crippen LogP contribution >= 0.6 is 0 Å². The average molecular weight is 351 g/mol. The van der Waals surface area contributed by atoms with Crippen molar-refractivity contribution in [1.29, 1.82) is 0 Å². The van der Waals surface area contributed by atoms with E-state index < -0.39 is 12.0 Å². The summed E-state index contributed by atoms with van der Waals surface area (Å²) in [7, 11) is 0. The molecule has 1 heterocycles. The number of amides is 1. The van der Waals surface area contributed by atoms with Gasteiger partial charge in [0.25, 0.3) is 0 Å². The van der Waals surface area contributed by atoms with Gasteiger partial charge >= 0.3 is 5.97 Å². The molecule has 2 aromatic rings. The summed E-state index contributed by atoms with van der Waals surface area (Å²) in [6, 6.07) is 16.6. The molecule has 1 fully saturated rings. The van der Waals surface area contributed by atoms with Gasteiger partial charge in [-0.2, -0.15) is 0 Å². The predicted molar refractivity (Wildman–Crippen MR) is 98.6 cm³/mol. The van der Waals surface area contributed by atoms with Gasteiger partial charge in [0.15, 0.2) is 0 Å². The van der Waals surface area contributed by atoms with Crippen molar-refractivity contribution < 1.29 is 19.4 Å². The molecule has 0 radical (unpaired) electrons. The van der Waals surface area contributed by atoms with Crippen LogP contribution in [0.1, 0.15) is 24.0 Å². The molecule has 0 spiro atoms. The Hall–Kier alpha value is -3.08. The molecule has 1 aliphatic rings. The number of nitrogens with zero attached hydrogens (tertiary/aromatic N) is 1. The van der Waals surface area contributed by atoms with Gasteiger partial charge in [-0.15, -0.1) is 0 Å². The summed E-state index contributed by atoms with van der Waals surface area (Å²) in [5, 5.41) is 9.17. The number of ether oxygens (including phenoxy) is 1. The molecule has 1 unspecified atom stereocenters. The Labute approximate surface area is 152 Å². The third kappa shape index (κ3) is 4.51. The number of carbonyl (C=O) groups is 2. The third-order valence-corrected chi connectivity index (χ3v) is 4.35. The van der Waals surface area contributed by atoms with Gasteiger partial charge in [0.1, 0.15) is 18.4 Å². The Bertz CT molecular complexity index is 801. The van der Waals surface area contributed by atoms with Gasteiger partial charge in [-0.05, 0) is 42.2 Å². The topological polar surface area (TPSA) is 66.8 Å². The second-order valence-electron chi connectivity index (χ2n) is 6.21. The van der Waals surface area contributed by atoms with Crippen molar-refractivity contribution in [1.82, 2.24) is 4.90 Å². The smallest absolute Gasteiger partial charge is 0.326 e. The summed E-state index contributed by atoms with van der Waals surface area (Å²) in [4.78, 5) is 24.9. The standard InChI is InChI=1S/C21H21NO4/c23-20(22-13-5-10-19(22)21(24)25)12-11-16-8-4-9-18(14-16)26-15-17-6-2-1-3-7-17/h1-4,6-9,11-12,14,19H,5,10,13,15H2,(H,24,25)/b12-11+. The lowest BCUT2D eigenvalue weighted by Gasteiger charge is -2.19. The number of benzene rings is 2. The maximum Gasteiger partial charge on any atom is 0.326 e. The molecule has 5 nitrogen and oxygen atoms in total. The minimum atomic E-state index is -0.944. The Morgan fingerprint density at radius 1 is 1.15 bits per heavy atom. The summed E-state index contributed by atoms with van der Waals surface area (Å²) >= 11 is 0. The summed E-state index contributed by atoms with van der Waals surface area (Å²) in [6.45, 7) is 0.960. The molecule has 2 aromatic carbocycles. The van der Waals surface area contributed by atoms with E-state index in [0.29, 0.717) is 25.3 Å². The van der Waals surface area contributed by atoms with E-state index in [1.54, 1.807) is 6.08 Å². The largest absolute Gasteiger partial charge is 0.489 e. The van der Waals surface area contributed by atoms with E-state index >= 15 is 0 Å². The van der Waals surface area contributed by atoms with Crippen LogP contribution in [0.5, 0.6) is 5.75 Å². The number of hydrogen-bond acceptors (Lipinski definition) is 3. The Kier molecular flexibility index (Phi) is 5.69. The Morgan fingerprint density at radius 2 is 1.96 bits per heavy atom. The summed E-state index contributed by atoms with van der Waals surface area (Å²) in [6.07, 6.45) is 4.35. The molecule has 26 heavy (non-hydrogen) atoms. The quantitative estimate of drug-likeness (QED) is 0.811. The van der Waals surface area contributed by atoms with Gasteiger partial charge in [-0.25, -0.2) is 4.79 Å². The van der Waals surface area contributed by atoms with Gasteiger partial charge in [0.05, 0.1) is 0 Å². The van der Waals surface area contributed by atoms with Crippen LogP contribution in [0.15, 0.2) is 60.7 Å². The van der Waals surface area contributed by atoms with E-state index in [1.165, 1.54) is 11.0 Å². The van der Waals surface area contributed by atoms with E-state index in [0.717, 1.165) is 17.5 Å². The number of aliphatic carboxylic acids is 1. The highest BCUT2D eigenvalue weighted by Crippen LogP contribution is 2.19. The normalized spacial score (nSPS) is 16.8. The fourth-order valence-electron chi connectivity index (χ4n) is 3.00. The molecule has 1 atom stereocenters. The first-order valence-corrected chi connectivity index (χ1v) is 8.62. The highest BCUT2D eigenvalue weighted by molar-refractivity contribution is 5.94.